The number of anilines is 2. The molecule has 0 saturated carbocycles. The van der Waals surface area contributed by atoms with Crippen LogP contribution in [0.15, 0.2) is 18.2 Å². The van der Waals surface area contributed by atoms with Crippen LogP contribution in [0.5, 0.6) is 0 Å². The fourth-order valence-corrected chi connectivity index (χ4v) is 2.04. The highest BCUT2D eigenvalue weighted by Crippen LogP contribution is 2.25. The van der Waals surface area contributed by atoms with Gasteiger partial charge < -0.3 is 20.1 Å². The van der Waals surface area contributed by atoms with Crippen molar-refractivity contribution in [1.82, 2.24) is 0 Å². The molecule has 1 aromatic rings. The second-order valence-corrected chi connectivity index (χ2v) is 4.50. The molecule has 0 aliphatic carbocycles. The summed E-state index contributed by atoms with van der Waals surface area (Å²) in [5.41, 5.74) is 3.22. The number of hydrogen-bond donors (Lipinski definition) is 2. The third-order valence-corrected chi connectivity index (χ3v) is 3.00. The largest absolute Gasteiger partial charge is 0.385 e. The van der Waals surface area contributed by atoms with Crippen molar-refractivity contribution in [2.75, 3.05) is 44.1 Å². The second kappa shape index (κ2) is 7.11. The molecule has 1 aromatic carbocycles. The standard InChI is InChI=1S/C14H20N2O3/c1-18-7-8-19-10-14(17)16-12-5-4-11-3-2-6-15-13(11)9-12/h4-5,9,15H,2-3,6-8,10H2,1H3,(H,16,17). The van der Waals surface area contributed by atoms with Gasteiger partial charge in [0.05, 0.1) is 13.2 Å². The first-order valence-electron chi connectivity index (χ1n) is 6.53. The van der Waals surface area contributed by atoms with Crippen molar-refractivity contribution >= 4 is 17.3 Å². The number of ether oxygens (including phenoxy) is 2. The molecule has 1 aliphatic rings. The van der Waals surface area contributed by atoms with Gasteiger partial charge in [0.25, 0.3) is 0 Å². The lowest BCUT2D eigenvalue weighted by molar-refractivity contribution is -0.121. The van der Waals surface area contributed by atoms with Gasteiger partial charge in [-0.1, -0.05) is 6.07 Å². The number of benzene rings is 1. The first kappa shape index (κ1) is 13.8. The number of hydrogen-bond acceptors (Lipinski definition) is 4. The Hall–Kier alpha value is -1.59. The lowest BCUT2D eigenvalue weighted by Crippen LogP contribution is -2.20. The van der Waals surface area contributed by atoms with E-state index < -0.39 is 0 Å². The van der Waals surface area contributed by atoms with Gasteiger partial charge in [-0.25, -0.2) is 0 Å². The predicted molar refractivity (Wildman–Crippen MR) is 74.6 cm³/mol. The third kappa shape index (κ3) is 4.22. The monoisotopic (exact) mass is 264 g/mol. The number of carbonyl (C=O) groups is 1. The second-order valence-electron chi connectivity index (χ2n) is 4.50. The summed E-state index contributed by atoms with van der Waals surface area (Å²) in [5.74, 6) is -0.146. The van der Waals surface area contributed by atoms with E-state index in [1.165, 1.54) is 5.56 Å². The van der Waals surface area contributed by atoms with Gasteiger partial charge in [-0.15, -0.1) is 0 Å². The molecule has 0 aromatic heterocycles. The Labute approximate surface area is 113 Å². The normalized spacial score (nSPS) is 13.5. The van der Waals surface area contributed by atoms with E-state index in [-0.39, 0.29) is 12.5 Å². The average Bonchev–Trinajstić information content (AvgIpc) is 2.43. The molecule has 2 N–H and O–H groups in total. The summed E-state index contributed by atoms with van der Waals surface area (Å²) in [6, 6.07) is 5.96. The van der Waals surface area contributed by atoms with Crippen LogP contribution in [0, 0.1) is 0 Å². The number of amides is 1. The van der Waals surface area contributed by atoms with E-state index in [0.29, 0.717) is 13.2 Å². The summed E-state index contributed by atoms with van der Waals surface area (Å²) < 4.78 is 10.0. The van der Waals surface area contributed by atoms with Gasteiger partial charge >= 0.3 is 0 Å². The number of methoxy groups -OCH3 is 1. The zero-order valence-electron chi connectivity index (χ0n) is 11.2. The summed E-state index contributed by atoms with van der Waals surface area (Å²) in [6.07, 6.45) is 2.25. The highest BCUT2D eigenvalue weighted by atomic mass is 16.5. The van der Waals surface area contributed by atoms with Crippen molar-refractivity contribution in [3.8, 4) is 0 Å². The average molecular weight is 264 g/mol. The third-order valence-electron chi connectivity index (χ3n) is 3.00. The van der Waals surface area contributed by atoms with E-state index in [1.54, 1.807) is 7.11 Å². The lowest BCUT2D eigenvalue weighted by atomic mass is 10.0. The molecular weight excluding hydrogens is 244 g/mol. The Morgan fingerprint density at radius 3 is 3.16 bits per heavy atom. The lowest BCUT2D eigenvalue weighted by Gasteiger charge is -2.18. The molecule has 0 fully saturated rings. The molecule has 1 amide bonds. The smallest absolute Gasteiger partial charge is 0.250 e. The van der Waals surface area contributed by atoms with Crippen LogP contribution in [-0.2, 0) is 20.7 Å². The van der Waals surface area contributed by atoms with E-state index in [9.17, 15) is 4.79 Å². The van der Waals surface area contributed by atoms with Gasteiger partial charge in [0.1, 0.15) is 6.61 Å². The summed E-state index contributed by atoms with van der Waals surface area (Å²) >= 11 is 0. The zero-order valence-corrected chi connectivity index (χ0v) is 11.2. The van der Waals surface area contributed by atoms with E-state index in [4.69, 9.17) is 9.47 Å². The van der Waals surface area contributed by atoms with Crippen molar-refractivity contribution in [2.45, 2.75) is 12.8 Å². The van der Waals surface area contributed by atoms with Gasteiger partial charge in [0.2, 0.25) is 5.91 Å². The molecule has 104 valence electrons. The molecule has 0 saturated heterocycles. The number of fused-ring (bicyclic) bond motifs is 1. The molecule has 0 radical (unpaired) electrons. The summed E-state index contributed by atoms with van der Waals surface area (Å²) in [4.78, 5) is 11.6. The van der Waals surface area contributed by atoms with Gasteiger partial charge in [-0.3, -0.25) is 4.79 Å². The molecule has 0 spiro atoms. The predicted octanol–water partition coefficient (Wildman–Crippen LogP) is 1.65. The van der Waals surface area contributed by atoms with Crippen molar-refractivity contribution in [2.24, 2.45) is 0 Å². The summed E-state index contributed by atoms with van der Waals surface area (Å²) in [7, 11) is 1.60. The minimum atomic E-state index is -0.146. The maximum atomic E-state index is 11.6. The first-order valence-corrected chi connectivity index (χ1v) is 6.53. The Balaban J connectivity index is 1.83. The Kier molecular flexibility index (Phi) is 5.18. The van der Waals surface area contributed by atoms with Crippen LogP contribution in [0.1, 0.15) is 12.0 Å². The summed E-state index contributed by atoms with van der Waals surface area (Å²) in [6.45, 7) is 1.96. The Bertz CT molecular complexity index is 435. The first-order chi connectivity index (χ1) is 9.29. The van der Waals surface area contributed by atoms with Crippen molar-refractivity contribution in [1.29, 1.82) is 0 Å². The minimum absolute atomic E-state index is 0.0495. The van der Waals surface area contributed by atoms with Crippen LogP contribution in [0.25, 0.3) is 0 Å². The molecule has 0 unspecified atom stereocenters. The van der Waals surface area contributed by atoms with Crippen LogP contribution in [0.4, 0.5) is 11.4 Å². The zero-order chi connectivity index (χ0) is 13.5. The highest BCUT2D eigenvalue weighted by Gasteiger charge is 2.10. The van der Waals surface area contributed by atoms with Crippen molar-refractivity contribution in [3.63, 3.8) is 0 Å². The molecule has 5 nitrogen and oxygen atoms in total. The van der Waals surface area contributed by atoms with Crippen LogP contribution in [-0.4, -0.2) is 39.4 Å². The summed E-state index contributed by atoms with van der Waals surface area (Å²) in [5, 5.41) is 6.16. The van der Waals surface area contributed by atoms with E-state index >= 15 is 0 Å². The molecule has 1 heterocycles. The molecule has 2 rings (SSSR count). The Morgan fingerprint density at radius 1 is 1.42 bits per heavy atom. The minimum Gasteiger partial charge on any atom is -0.385 e. The van der Waals surface area contributed by atoms with E-state index in [2.05, 4.69) is 16.7 Å². The molecule has 5 heteroatoms. The SMILES string of the molecule is COCCOCC(=O)Nc1ccc2c(c1)NCCC2. The van der Waals surface area contributed by atoms with Gasteiger partial charge in [0.15, 0.2) is 0 Å². The number of aryl methyl sites for hydroxylation is 1. The van der Waals surface area contributed by atoms with Crippen LogP contribution >= 0.6 is 0 Å². The number of nitrogens with one attached hydrogen (secondary N) is 2. The van der Waals surface area contributed by atoms with Crippen LogP contribution < -0.4 is 10.6 Å². The molecule has 0 bridgehead atoms. The number of rotatable bonds is 6. The van der Waals surface area contributed by atoms with Crippen LogP contribution in [0.3, 0.4) is 0 Å². The van der Waals surface area contributed by atoms with Gasteiger partial charge in [0, 0.05) is 25.0 Å². The van der Waals surface area contributed by atoms with Crippen molar-refractivity contribution in [3.05, 3.63) is 23.8 Å². The van der Waals surface area contributed by atoms with E-state index in [1.807, 2.05) is 12.1 Å². The van der Waals surface area contributed by atoms with Gasteiger partial charge in [-0.05, 0) is 30.5 Å². The maximum Gasteiger partial charge on any atom is 0.250 e. The van der Waals surface area contributed by atoms with Crippen LogP contribution in [0.2, 0.25) is 0 Å². The molecule has 0 atom stereocenters. The van der Waals surface area contributed by atoms with Crippen molar-refractivity contribution < 1.29 is 14.3 Å². The molecular formula is C14H20N2O3. The molecule has 19 heavy (non-hydrogen) atoms. The maximum absolute atomic E-state index is 11.6. The Morgan fingerprint density at radius 2 is 2.32 bits per heavy atom. The highest BCUT2D eigenvalue weighted by molar-refractivity contribution is 5.92. The van der Waals surface area contributed by atoms with E-state index in [0.717, 1.165) is 30.8 Å². The fraction of sp³-hybridized carbons (Fsp3) is 0.500. The fourth-order valence-electron chi connectivity index (χ4n) is 2.04. The molecule has 1 aliphatic heterocycles. The quantitative estimate of drug-likeness (QED) is 0.767. The number of carbonyl (C=O) groups excluding carboxylic acids is 1. The van der Waals surface area contributed by atoms with Gasteiger partial charge in [-0.2, -0.15) is 0 Å². The topological polar surface area (TPSA) is 59.6 Å².